The number of ether oxygens (including phenoxy) is 1. The van der Waals surface area contributed by atoms with Crippen LogP contribution in [0.4, 0.5) is 5.82 Å². The van der Waals surface area contributed by atoms with Crippen LogP contribution < -0.4 is 10.5 Å². The average Bonchev–Trinajstić information content (AvgIpc) is 2.43. The summed E-state index contributed by atoms with van der Waals surface area (Å²) in [6, 6.07) is 5.47. The summed E-state index contributed by atoms with van der Waals surface area (Å²) in [5.74, 6) is 1.94. The number of hydrogen-bond acceptors (Lipinski definition) is 5. The Morgan fingerprint density at radius 3 is 2.65 bits per heavy atom. The molecule has 0 fully saturated rings. The number of halogens is 1. The van der Waals surface area contributed by atoms with Crippen LogP contribution in [-0.4, -0.2) is 22.1 Å². The van der Waals surface area contributed by atoms with Crippen LogP contribution >= 0.6 is 15.9 Å². The molecule has 0 saturated heterocycles. The molecule has 106 valence electrons. The highest BCUT2D eigenvalue weighted by Gasteiger charge is 2.13. The van der Waals surface area contributed by atoms with Crippen molar-refractivity contribution >= 4 is 21.7 Å². The number of aromatic nitrogens is 3. The second kappa shape index (κ2) is 6.17. The van der Waals surface area contributed by atoms with Crippen LogP contribution in [0.3, 0.4) is 0 Å². The normalized spacial score (nSPS) is 10.8. The van der Waals surface area contributed by atoms with Crippen LogP contribution in [0.5, 0.6) is 5.88 Å². The highest BCUT2D eigenvalue weighted by atomic mass is 79.9. The van der Waals surface area contributed by atoms with Crippen molar-refractivity contribution in [1.82, 2.24) is 15.0 Å². The molecule has 5 nitrogen and oxygen atoms in total. The number of hydrogen-bond donors (Lipinski definition) is 1. The van der Waals surface area contributed by atoms with Gasteiger partial charge in [-0.2, -0.15) is 0 Å². The average molecular weight is 337 g/mol. The van der Waals surface area contributed by atoms with E-state index in [0.717, 1.165) is 16.6 Å². The smallest absolute Gasteiger partial charge is 0.213 e. The molecule has 0 aliphatic rings. The predicted molar refractivity (Wildman–Crippen MR) is 82.5 cm³/mol. The number of nitrogen functional groups attached to an aromatic ring is 1. The van der Waals surface area contributed by atoms with Gasteiger partial charge >= 0.3 is 0 Å². The topological polar surface area (TPSA) is 73.9 Å². The summed E-state index contributed by atoms with van der Waals surface area (Å²) in [5, 5.41) is 0. The van der Waals surface area contributed by atoms with Gasteiger partial charge in [0.05, 0.1) is 17.3 Å². The summed E-state index contributed by atoms with van der Waals surface area (Å²) >= 11 is 3.45. The summed E-state index contributed by atoms with van der Waals surface area (Å²) < 4.78 is 5.88. The minimum atomic E-state index is 0.426. The Morgan fingerprint density at radius 1 is 1.25 bits per heavy atom. The van der Waals surface area contributed by atoms with Crippen molar-refractivity contribution in [2.75, 3.05) is 12.8 Å². The number of pyridine rings is 1. The van der Waals surface area contributed by atoms with Crippen molar-refractivity contribution < 1.29 is 4.74 Å². The number of nitrogens with two attached hydrogens (primary N) is 1. The van der Waals surface area contributed by atoms with E-state index in [0.29, 0.717) is 29.1 Å². The maximum atomic E-state index is 5.95. The molecule has 0 atom stereocenters. The third-order valence-electron chi connectivity index (χ3n) is 2.71. The third-order valence-corrected chi connectivity index (χ3v) is 3.57. The lowest BCUT2D eigenvalue weighted by atomic mass is 10.1. The second-order valence-electron chi connectivity index (χ2n) is 4.86. The van der Waals surface area contributed by atoms with E-state index in [4.69, 9.17) is 10.5 Å². The van der Waals surface area contributed by atoms with E-state index < -0.39 is 0 Å². The monoisotopic (exact) mass is 336 g/mol. The van der Waals surface area contributed by atoms with Crippen molar-refractivity contribution in [2.24, 2.45) is 5.92 Å². The molecule has 2 aromatic heterocycles. The predicted octanol–water partition coefficient (Wildman–Crippen LogP) is 3.09. The molecule has 0 saturated carbocycles. The molecule has 0 aromatic carbocycles. The van der Waals surface area contributed by atoms with E-state index in [-0.39, 0.29) is 0 Å². The Hall–Kier alpha value is -1.69. The summed E-state index contributed by atoms with van der Waals surface area (Å²) in [7, 11) is 1.58. The first kappa shape index (κ1) is 14.7. The maximum absolute atomic E-state index is 5.95. The van der Waals surface area contributed by atoms with Gasteiger partial charge in [-0.1, -0.05) is 19.9 Å². The number of anilines is 1. The van der Waals surface area contributed by atoms with Gasteiger partial charge in [-0.3, -0.25) is 0 Å². The molecule has 0 spiro atoms. The zero-order chi connectivity index (χ0) is 14.7. The lowest BCUT2D eigenvalue weighted by Crippen LogP contribution is -2.06. The summed E-state index contributed by atoms with van der Waals surface area (Å²) in [4.78, 5) is 13.2. The lowest BCUT2D eigenvalue weighted by Gasteiger charge is -2.10. The van der Waals surface area contributed by atoms with Crippen LogP contribution in [-0.2, 0) is 6.42 Å². The molecule has 0 bridgehead atoms. The van der Waals surface area contributed by atoms with E-state index in [1.165, 1.54) is 0 Å². The molecular formula is C14H17BrN4O. The molecule has 2 heterocycles. The van der Waals surface area contributed by atoms with E-state index in [2.05, 4.69) is 44.7 Å². The van der Waals surface area contributed by atoms with E-state index in [1.807, 2.05) is 12.1 Å². The van der Waals surface area contributed by atoms with E-state index in [9.17, 15) is 0 Å². The molecule has 0 aliphatic heterocycles. The van der Waals surface area contributed by atoms with Crippen LogP contribution in [0.1, 0.15) is 19.5 Å². The van der Waals surface area contributed by atoms with Gasteiger partial charge in [0.25, 0.3) is 0 Å². The second-order valence-corrected chi connectivity index (χ2v) is 5.65. The Morgan fingerprint density at radius 2 is 2.00 bits per heavy atom. The lowest BCUT2D eigenvalue weighted by molar-refractivity contribution is 0.398. The minimum Gasteiger partial charge on any atom is -0.481 e. The Kier molecular flexibility index (Phi) is 4.54. The molecule has 2 N–H and O–H groups in total. The molecule has 2 rings (SSSR count). The van der Waals surface area contributed by atoms with Gasteiger partial charge in [-0.25, -0.2) is 15.0 Å². The van der Waals surface area contributed by atoms with Gasteiger partial charge in [0.1, 0.15) is 11.5 Å². The molecule has 0 radical (unpaired) electrons. The molecule has 0 unspecified atom stereocenters. The molecule has 0 amide bonds. The first-order valence-electron chi connectivity index (χ1n) is 6.34. The Labute approximate surface area is 126 Å². The molecule has 0 aliphatic carbocycles. The maximum Gasteiger partial charge on any atom is 0.213 e. The van der Waals surface area contributed by atoms with Gasteiger partial charge in [0.2, 0.25) is 5.88 Å². The van der Waals surface area contributed by atoms with Crippen molar-refractivity contribution in [1.29, 1.82) is 0 Å². The van der Waals surface area contributed by atoms with Crippen LogP contribution in [0.25, 0.3) is 11.5 Å². The SMILES string of the molecule is COc1cccc(-c2nc(N)c(Br)c(CC(C)C)n2)n1. The summed E-state index contributed by atoms with van der Waals surface area (Å²) in [6.45, 7) is 4.27. The number of rotatable bonds is 4. The fourth-order valence-corrected chi connectivity index (χ4v) is 2.14. The highest BCUT2D eigenvalue weighted by molar-refractivity contribution is 9.10. The molecule has 2 aromatic rings. The van der Waals surface area contributed by atoms with Crippen molar-refractivity contribution in [3.63, 3.8) is 0 Å². The van der Waals surface area contributed by atoms with Gasteiger partial charge < -0.3 is 10.5 Å². The third kappa shape index (κ3) is 3.25. The first-order chi connectivity index (χ1) is 9.51. The van der Waals surface area contributed by atoms with Gasteiger partial charge in [-0.15, -0.1) is 0 Å². The Bertz CT molecular complexity index is 616. The molecular weight excluding hydrogens is 320 g/mol. The quantitative estimate of drug-likeness (QED) is 0.928. The first-order valence-corrected chi connectivity index (χ1v) is 7.14. The summed E-state index contributed by atoms with van der Waals surface area (Å²) in [5.41, 5.74) is 7.49. The van der Waals surface area contributed by atoms with Crippen molar-refractivity contribution in [3.05, 3.63) is 28.4 Å². The molecule has 20 heavy (non-hydrogen) atoms. The highest BCUT2D eigenvalue weighted by Crippen LogP contribution is 2.26. The van der Waals surface area contributed by atoms with Gasteiger partial charge in [0, 0.05) is 6.07 Å². The van der Waals surface area contributed by atoms with Crippen LogP contribution in [0.15, 0.2) is 22.7 Å². The van der Waals surface area contributed by atoms with Crippen LogP contribution in [0.2, 0.25) is 0 Å². The molecule has 6 heteroatoms. The zero-order valence-electron chi connectivity index (χ0n) is 11.7. The summed E-state index contributed by atoms with van der Waals surface area (Å²) in [6.07, 6.45) is 0.824. The van der Waals surface area contributed by atoms with E-state index in [1.54, 1.807) is 13.2 Å². The zero-order valence-corrected chi connectivity index (χ0v) is 13.3. The number of nitrogens with zero attached hydrogens (tertiary/aromatic N) is 3. The Balaban J connectivity index is 2.48. The standard InChI is InChI=1S/C14H17BrN4O/c1-8(2)7-10-12(15)13(16)19-14(18-10)9-5-4-6-11(17-9)20-3/h4-6,8H,7H2,1-3H3,(H2,16,18,19). The number of methoxy groups -OCH3 is 1. The van der Waals surface area contributed by atoms with Crippen molar-refractivity contribution in [2.45, 2.75) is 20.3 Å². The largest absolute Gasteiger partial charge is 0.481 e. The fourth-order valence-electron chi connectivity index (χ4n) is 1.80. The van der Waals surface area contributed by atoms with Gasteiger partial charge in [0.15, 0.2) is 5.82 Å². The van der Waals surface area contributed by atoms with Crippen LogP contribution in [0, 0.1) is 5.92 Å². The fraction of sp³-hybridized carbons (Fsp3) is 0.357. The minimum absolute atomic E-state index is 0.426. The van der Waals surface area contributed by atoms with Crippen molar-refractivity contribution in [3.8, 4) is 17.4 Å². The van der Waals surface area contributed by atoms with E-state index >= 15 is 0 Å². The van der Waals surface area contributed by atoms with Gasteiger partial charge in [-0.05, 0) is 34.3 Å².